The van der Waals surface area contributed by atoms with Crippen molar-refractivity contribution >= 4 is 57.6 Å². The zero-order valence-corrected chi connectivity index (χ0v) is 47.2. The van der Waals surface area contributed by atoms with Gasteiger partial charge < -0.3 is 14.6 Å². The maximum atomic E-state index is 2.94. The first-order valence-electron chi connectivity index (χ1n) is 29.6. The van der Waals surface area contributed by atoms with Crippen LogP contribution in [0.5, 0.6) is 0 Å². The van der Waals surface area contributed by atoms with Crippen LogP contribution in [0.2, 0.25) is 0 Å². The Bertz CT molecular complexity index is 3990. The van der Waals surface area contributed by atoms with Gasteiger partial charge in [0, 0.05) is 56.2 Å². The summed E-state index contributed by atoms with van der Waals surface area (Å²) < 4.78 is 0. The molecule has 15 rings (SSSR count). The summed E-state index contributed by atoms with van der Waals surface area (Å²) in [4.78, 5) is 8.31. The minimum atomic E-state index is -0.278. The third kappa shape index (κ3) is 7.13. The number of benzene rings is 10. The number of rotatable bonds is 10. The predicted octanol–water partition coefficient (Wildman–Crippen LogP) is 19.1. The Labute approximate surface area is 474 Å². The summed E-state index contributed by atoms with van der Waals surface area (Å²) in [5.74, 6) is 0. The van der Waals surface area contributed by atoms with E-state index in [1.165, 1.54) is 149 Å². The van der Waals surface area contributed by atoms with Crippen molar-refractivity contribution in [1.29, 1.82) is 0 Å². The van der Waals surface area contributed by atoms with E-state index in [1.807, 2.05) is 0 Å². The lowest BCUT2D eigenvalue weighted by molar-refractivity contribution is 0.195. The molecule has 3 aliphatic heterocycles. The highest BCUT2D eigenvalue weighted by Crippen LogP contribution is 2.64. The third-order valence-corrected chi connectivity index (χ3v) is 19.8. The largest absolute Gasteiger partial charge is 0.376 e. The standard InChI is InChI=1S/C76H68BN3/c1-7-8-22-51-46-65-73-66(47-51)77-72-63(70-68(42-40-62-61-29-18-19-30-64(61)74(3,4)71(62)70)80(77)67-41-35-57(45-50(67)2)54-27-16-11-17-28-54)48-60(49-69(72)79(73)76(6)44-21-20-43-75(65,76)5)78(58-36-31-55(32-37-58)52-23-12-9-13-24-52)59-38-33-56(34-39-59)53-25-14-10-15-26-53/h9-19,23-42,45-49H,7-8,20-22,43-44H2,1-6H3. The lowest BCUT2D eigenvalue weighted by Crippen LogP contribution is -2.65. The molecule has 0 N–H and O–H groups in total. The van der Waals surface area contributed by atoms with Gasteiger partial charge in [0.1, 0.15) is 0 Å². The molecule has 0 amide bonds. The van der Waals surface area contributed by atoms with E-state index in [9.17, 15) is 0 Å². The fourth-order valence-corrected chi connectivity index (χ4v) is 15.7. The van der Waals surface area contributed by atoms with Crippen molar-refractivity contribution in [2.75, 3.05) is 14.6 Å². The van der Waals surface area contributed by atoms with Gasteiger partial charge in [-0.15, -0.1) is 0 Å². The van der Waals surface area contributed by atoms with Gasteiger partial charge in [-0.25, -0.2) is 0 Å². The number of aryl methyl sites for hydroxylation is 2. The number of anilines is 7. The van der Waals surface area contributed by atoms with Crippen molar-refractivity contribution in [3.05, 3.63) is 246 Å². The predicted molar refractivity (Wildman–Crippen MR) is 340 cm³/mol. The van der Waals surface area contributed by atoms with E-state index < -0.39 is 0 Å². The number of nitrogens with zero attached hydrogens (tertiary/aromatic N) is 3. The quantitative estimate of drug-likeness (QED) is 0.126. The van der Waals surface area contributed by atoms with E-state index in [0.29, 0.717) is 0 Å². The molecule has 2 unspecified atom stereocenters. The van der Waals surface area contributed by atoms with Crippen LogP contribution in [0.4, 0.5) is 39.8 Å². The molecule has 3 heterocycles. The summed E-state index contributed by atoms with van der Waals surface area (Å²) in [6, 6.07) is 83.2. The van der Waals surface area contributed by atoms with Crippen LogP contribution in [0.3, 0.4) is 0 Å². The van der Waals surface area contributed by atoms with Gasteiger partial charge in [0.2, 0.25) is 0 Å². The monoisotopic (exact) mass is 1030 g/mol. The van der Waals surface area contributed by atoms with Crippen LogP contribution in [-0.2, 0) is 17.3 Å². The Hall–Kier alpha value is -8.34. The van der Waals surface area contributed by atoms with Crippen molar-refractivity contribution in [2.45, 2.75) is 103 Å². The van der Waals surface area contributed by atoms with Gasteiger partial charge in [-0.3, -0.25) is 0 Å². The van der Waals surface area contributed by atoms with Gasteiger partial charge in [0.25, 0.3) is 0 Å². The van der Waals surface area contributed by atoms with Crippen molar-refractivity contribution in [3.8, 4) is 55.6 Å². The van der Waals surface area contributed by atoms with Crippen LogP contribution in [0.25, 0.3) is 55.6 Å². The molecule has 4 heteroatoms. The Morgan fingerprint density at radius 3 is 1.70 bits per heavy atom. The molecule has 0 radical (unpaired) electrons. The fourth-order valence-electron chi connectivity index (χ4n) is 15.7. The van der Waals surface area contributed by atoms with E-state index in [1.54, 1.807) is 5.56 Å². The smallest absolute Gasteiger partial charge is 0.333 e. The lowest BCUT2D eigenvalue weighted by atomic mass is 9.42. The van der Waals surface area contributed by atoms with Crippen molar-refractivity contribution in [2.24, 2.45) is 0 Å². The molecule has 10 aromatic carbocycles. The van der Waals surface area contributed by atoms with E-state index in [2.05, 4.69) is 275 Å². The van der Waals surface area contributed by atoms with Crippen LogP contribution in [0.15, 0.2) is 218 Å². The molecule has 0 saturated heterocycles. The lowest BCUT2D eigenvalue weighted by Gasteiger charge is -2.53. The minimum absolute atomic E-state index is 0.0516. The molecule has 0 spiro atoms. The molecule has 3 nitrogen and oxygen atoms in total. The molecule has 80 heavy (non-hydrogen) atoms. The van der Waals surface area contributed by atoms with Gasteiger partial charge in [0.15, 0.2) is 0 Å². The van der Waals surface area contributed by atoms with Crippen LogP contribution >= 0.6 is 0 Å². The summed E-state index contributed by atoms with van der Waals surface area (Å²) in [7, 11) is 0. The minimum Gasteiger partial charge on any atom is -0.376 e. The van der Waals surface area contributed by atoms with Crippen LogP contribution in [0, 0.1) is 6.92 Å². The Kier molecular flexibility index (Phi) is 11.2. The Balaban J connectivity index is 1.05. The number of unbranched alkanes of at least 4 members (excludes halogenated alkanes) is 1. The van der Waals surface area contributed by atoms with Crippen LogP contribution < -0.4 is 25.5 Å². The summed E-state index contributed by atoms with van der Waals surface area (Å²) in [6.45, 7) is 14.9. The topological polar surface area (TPSA) is 9.72 Å². The number of hydrogen-bond donors (Lipinski definition) is 0. The average Bonchev–Trinajstić information content (AvgIpc) is 3.50. The third-order valence-electron chi connectivity index (χ3n) is 19.8. The average molecular weight is 1030 g/mol. The molecule has 2 aliphatic carbocycles. The molecule has 0 bridgehead atoms. The zero-order chi connectivity index (χ0) is 54.1. The first kappa shape index (κ1) is 48.8. The second-order valence-corrected chi connectivity index (χ2v) is 24.6. The van der Waals surface area contributed by atoms with Gasteiger partial charge in [-0.2, -0.15) is 0 Å². The first-order valence-corrected chi connectivity index (χ1v) is 29.6. The van der Waals surface area contributed by atoms with Crippen LogP contribution in [0.1, 0.15) is 101 Å². The SMILES string of the molecule is CCCCc1cc2c3c(c1)C1(C)CCCCC1(C)N3c1cc(N(c3ccc(-c4ccccc4)cc3)c3ccc(-c4ccccc4)cc3)cc3c1B2N(c1ccc(-c2ccccc2)cc1C)c1ccc2c(c1-3)C(C)(C)c1ccccc1-2. The summed E-state index contributed by atoms with van der Waals surface area (Å²) in [5.41, 5.74) is 31.0. The molecular formula is C76H68BN3. The molecule has 390 valence electrons. The molecule has 1 fully saturated rings. The second kappa shape index (κ2) is 18.4. The second-order valence-electron chi connectivity index (χ2n) is 24.6. The van der Waals surface area contributed by atoms with E-state index in [0.717, 1.165) is 24.2 Å². The van der Waals surface area contributed by atoms with Crippen molar-refractivity contribution < 1.29 is 0 Å². The van der Waals surface area contributed by atoms with E-state index >= 15 is 0 Å². The van der Waals surface area contributed by atoms with Gasteiger partial charge in [0.05, 0.1) is 5.54 Å². The summed E-state index contributed by atoms with van der Waals surface area (Å²) in [6.07, 6.45) is 8.20. The number of hydrogen-bond acceptors (Lipinski definition) is 3. The summed E-state index contributed by atoms with van der Waals surface area (Å²) >= 11 is 0. The van der Waals surface area contributed by atoms with Gasteiger partial charge >= 0.3 is 6.85 Å². The van der Waals surface area contributed by atoms with Crippen molar-refractivity contribution in [3.63, 3.8) is 0 Å². The van der Waals surface area contributed by atoms with E-state index in [-0.39, 0.29) is 23.2 Å². The zero-order valence-electron chi connectivity index (χ0n) is 47.2. The van der Waals surface area contributed by atoms with Gasteiger partial charge in [-0.05, 0) is 183 Å². The Morgan fingerprint density at radius 2 is 1.06 bits per heavy atom. The first-order chi connectivity index (χ1) is 39.1. The molecular weight excluding hydrogens is 966 g/mol. The highest BCUT2D eigenvalue weighted by molar-refractivity contribution is 6.93. The number of fused-ring (bicyclic) bond motifs is 11. The molecule has 1 saturated carbocycles. The maximum absolute atomic E-state index is 2.94. The highest BCUT2D eigenvalue weighted by Gasteiger charge is 2.62. The van der Waals surface area contributed by atoms with E-state index in [4.69, 9.17) is 0 Å². The molecule has 10 aromatic rings. The van der Waals surface area contributed by atoms with Gasteiger partial charge in [-0.1, -0.05) is 211 Å². The molecule has 2 atom stereocenters. The van der Waals surface area contributed by atoms with Crippen LogP contribution in [-0.4, -0.2) is 12.4 Å². The molecule has 5 aliphatic rings. The van der Waals surface area contributed by atoms with Crippen molar-refractivity contribution in [1.82, 2.24) is 0 Å². The highest BCUT2D eigenvalue weighted by atomic mass is 15.3. The molecule has 0 aromatic heterocycles. The summed E-state index contributed by atoms with van der Waals surface area (Å²) in [5, 5.41) is 0. The Morgan fingerprint density at radius 1 is 0.487 bits per heavy atom. The fraction of sp³-hybridized carbons (Fsp3) is 0.211. The maximum Gasteiger partial charge on any atom is 0.333 e. The normalized spacial score (nSPS) is 18.4.